The Morgan fingerprint density at radius 1 is 1.00 bits per heavy atom. The summed E-state index contributed by atoms with van der Waals surface area (Å²) in [6.45, 7) is 12.8. The van der Waals surface area contributed by atoms with Crippen molar-refractivity contribution in [2.24, 2.45) is 0 Å². The molecule has 8 heteroatoms. The number of anilines is 1. The number of carbonyl (C=O) groups is 3. The third-order valence-corrected chi connectivity index (χ3v) is 5.49. The van der Waals surface area contributed by atoms with Crippen LogP contribution in [0.4, 0.5) is 10.5 Å². The number of ether oxygens (including phenoxy) is 2. The van der Waals surface area contributed by atoms with E-state index in [0.717, 1.165) is 11.1 Å². The lowest BCUT2D eigenvalue weighted by molar-refractivity contribution is -0.140. The first-order valence-electron chi connectivity index (χ1n) is 11.7. The van der Waals surface area contributed by atoms with E-state index in [0.29, 0.717) is 17.0 Å². The first-order chi connectivity index (χ1) is 16.4. The van der Waals surface area contributed by atoms with Gasteiger partial charge in [-0.05, 0) is 89.4 Å². The molecule has 0 saturated heterocycles. The molecule has 2 N–H and O–H groups in total. The number of likely N-dealkylation sites (N-methyl/N-ethyl adjacent to an activating group) is 1. The van der Waals surface area contributed by atoms with E-state index in [1.807, 2.05) is 32.0 Å². The molecule has 35 heavy (non-hydrogen) atoms. The Hall–Kier alpha value is -3.55. The van der Waals surface area contributed by atoms with Crippen LogP contribution in [0.1, 0.15) is 57.4 Å². The highest BCUT2D eigenvalue weighted by atomic mass is 16.6. The second kappa shape index (κ2) is 11.7. The first-order valence-corrected chi connectivity index (χ1v) is 11.7. The van der Waals surface area contributed by atoms with Gasteiger partial charge in [-0.1, -0.05) is 18.2 Å². The van der Waals surface area contributed by atoms with Gasteiger partial charge in [0, 0.05) is 12.2 Å². The number of aryl methyl sites for hydroxylation is 2. The second-order valence-corrected chi connectivity index (χ2v) is 9.46. The Bertz CT molecular complexity index is 1040. The van der Waals surface area contributed by atoms with Crippen LogP contribution in [0.5, 0.6) is 5.75 Å². The van der Waals surface area contributed by atoms with Gasteiger partial charge in [-0.25, -0.2) is 4.79 Å². The fourth-order valence-electron chi connectivity index (χ4n) is 3.55. The summed E-state index contributed by atoms with van der Waals surface area (Å²) in [5.74, 6) is -0.0920. The van der Waals surface area contributed by atoms with Gasteiger partial charge in [0.1, 0.15) is 23.4 Å². The van der Waals surface area contributed by atoms with E-state index < -0.39 is 29.7 Å². The maximum absolute atomic E-state index is 13.6. The summed E-state index contributed by atoms with van der Waals surface area (Å²) < 4.78 is 10.5. The normalized spacial score (nSPS) is 12.8. The molecule has 0 heterocycles. The van der Waals surface area contributed by atoms with Crippen LogP contribution in [-0.2, 0) is 14.3 Å². The molecule has 0 fully saturated rings. The number of methoxy groups -OCH3 is 1. The zero-order valence-corrected chi connectivity index (χ0v) is 21.9. The van der Waals surface area contributed by atoms with Crippen LogP contribution in [0.2, 0.25) is 0 Å². The van der Waals surface area contributed by atoms with Gasteiger partial charge in [-0.15, -0.1) is 0 Å². The Kier molecular flexibility index (Phi) is 9.28. The van der Waals surface area contributed by atoms with E-state index in [-0.39, 0.29) is 12.5 Å². The smallest absolute Gasteiger partial charge is 0.408 e. The Balaban J connectivity index is 2.36. The Morgan fingerprint density at radius 2 is 1.63 bits per heavy atom. The van der Waals surface area contributed by atoms with Crippen molar-refractivity contribution in [3.05, 3.63) is 59.2 Å². The van der Waals surface area contributed by atoms with Gasteiger partial charge < -0.3 is 25.0 Å². The van der Waals surface area contributed by atoms with Crippen LogP contribution in [-0.4, -0.2) is 48.1 Å². The molecule has 0 aliphatic rings. The lowest BCUT2D eigenvalue weighted by Gasteiger charge is -2.33. The highest BCUT2D eigenvalue weighted by Gasteiger charge is 2.34. The van der Waals surface area contributed by atoms with Crippen molar-refractivity contribution >= 4 is 23.6 Å². The summed E-state index contributed by atoms with van der Waals surface area (Å²) >= 11 is 0. The Labute approximate surface area is 208 Å². The minimum Gasteiger partial charge on any atom is -0.497 e. The number of amides is 3. The molecule has 0 aromatic heterocycles. The third kappa shape index (κ3) is 7.73. The van der Waals surface area contributed by atoms with Crippen molar-refractivity contribution in [3.8, 4) is 5.75 Å². The number of nitrogens with zero attached hydrogens (tertiary/aromatic N) is 1. The molecule has 8 nitrogen and oxygen atoms in total. The lowest BCUT2D eigenvalue weighted by Crippen LogP contribution is -2.51. The maximum atomic E-state index is 13.6. The number of hydrogen-bond donors (Lipinski definition) is 2. The van der Waals surface area contributed by atoms with Crippen molar-refractivity contribution in [2.75, 3.05) is 19.0 Å². The van der Waals surface area contributed by atoms with E-state index in [1.165, 1.54) is 4.90 Å². The van der Waals surface area contributed by atoms with E-state index in [2.05, 4.69) is 10.6 Å². The zero-order chi connectivity index (χ0) is 26.3. The predicted molar refractivity (Wildman–Crippen MR) is 136 cm³/mol. The maximum Gasteiger partial charge on any atom is 0.408 e. The molecule has 2 aromatic carbocycles. The second-order valence-electron chi connectivity index (χ2n) is 9.46. The van der Waals surface area contributed by atoms with Crippen molar-refractivity contribution in [3.63, 3.8) is 0 Å². The highest BCUT2D eigenvalue weighted by Crippen LogP contribution is 2.26. The molecule has 3 amide bonds. The molecule has 190 valence electrons. The van der Waals surface area contributed by atoms with Crippen molar-refractivity contribution < 1.29 is 23.9 Å². The SMILES string of the molecule is CCN(C(=O)C(C)NC(=O)OC(C)(C)C)C(C(=O)Nc1ccc(OC)cc1)c1ccc(C)c(C)c1. The molecule has 0 spiro atoms. The first kappa shape index (κ1) is 27.7. The number of carbonyl (C=O) groups excluding carboxylic acids is 3. The van der Waals surface area contributed by atoms with Gasteiger partial charge in [-0.3, -0.25) is 9.59 Å². The van der Waals surface area contributed by atoms with E-state index in [4.69, 9.17) is 9.47 Å². The number of rotatable bonds is 8. The molecule has 2 rings (SSSR count). The van der Waals surface area contributed by atoms with Gasteiger partial charge in [0.15, 0.2) is 0 Å². The van der Waals surface area contributed by atoms with E-state index in [1.54, 1.807) is 66.0 Å². The minimum atomic E-state index is -0.906. The molecule has 0 aliphatic heterocycles. The van der Waals surface area contributed by atoms with Gasteiger partial charge in [0.25, 0.3) is 5.91 Å². The van der Waals surface area contributed by atoms with Gasteiger partial charge in [0.05, 0.1) is 7.11 Å². The van der Waals surface area contributed by atoms with Crippen LogP contribution >= 0.6 is 0 Å². The van der Waals surface area contributed by atoms with Crippen molar-refractivity contribution in [1.82, 2.24) is 10.2 Å². The van der Waals surface area contributed by atoms with Crippen LogP contribution in [0.3, 0.4) is 0 Å². The number of hydrogen-bond acceptors (Lipinski definition) is 5. The summed E-state index contributed by atoms with van der Waals surface area (Å²) in [5.41, 5.74) is 2.65. The van der Waals surface area contributed by atoms with Crippen LogP contribution < -0.4 is 15.4 Å². The molecular formula is C27H37N3O5. The highest BCUT2D eigenvalue weighted by molar-refractivity contribution is 5.99. The predicted octanol–water partition coefficient (Wildman–Crippen LogP) is 4.75. The fourth-order valence-corrected chi connectivity index (χ4v) is 3.55. The van der Waals surface area contributed by atoms with Gasteiger partial charge in [-0.2, -0.15) is 0 Å². The lowest BCUT2D eigenvalue weighted by atomic mass is 9.98. The van der Waals surface area contributed by atoms with Crippen molar-refractivity contribution in [2.45, 2.75) is 66.2 Å². The van der Waals surface area contributed by atoms with Crippen LogP contribution in [0, 0.1) is 13.8 Å². The molecule has 0 saturated carbocycles. The molecule has 0 radical (unpaired) electrons. The van der Waals surface area contributed by atoms with E-state index >= 15 is 0 Å². The summed E-state index contributed by atoms with van der Waals surface area (Å²) in [6, 6.07) is 10.9. The Morgan fingerprint density at radius 3 is 2.14 bits per heavy atom. The zero-order valence-electron chi connectivity index (χ0n) is 21.9. The number of benzene rings is 2. The standard InChI is InChI=1S/C27H37N3O5/c1-9-30(25(32)19(4)28-26(33)35-27(5,6)7)23(20-11-10-17(2)18(3)16-20)24(31)29-21-12-14-22(34-8)15-13-21/h10-16,19,23H,9H2,1-8H3,(H,28,33)(H,29,31). The molecule has 2 aromatic rings. The average Bonchev–Trinajstić information content (AvgIpc) is 2.78. The molecule has 2 atom stereocenters. The van der Waals surface area contributed by atoms with Gasteiger partial charge >= 0.3 is 6.09 Å². The summed E-state index contributed by atoms with van der Waals surface area (Å²) in [5, 5.41) is 5.49. The van der Waals surface area contributed by atoms with E-state index in [9.17, 15) is 14.4 Å². The molecule has 2 unspecified atom stereocenters. The number of nitrogens with one attached hydrogen (secondary N) is 2. The summed E-state index contributed by atoms with van der Waals surface area (Å²) in [6.07, 6.45) is -0.695. The largest absolute Gasteiger partial charge is 0.497 e. The summed E-state index contributed by atoms with van der Waals surface area (Å²) in [7, 11) is 1.57. The number of alkyl carbamates (subject to hydrolysis) is 1. The summed E-state index contributed by atoms with van der Waals surface area (Å²) in [4.78, 5) is 40.7. The average molecular weight is 484 g/mol. The third-order valence-electron chi connectivity index (χ3n) is 5.49. The van der Waals surface area contributed by atoms with Crippen LogP contribution in [0.25, 0.3) is 0 Å². The quantitative estimate of drug-likeness (QED) is 0.565. The molecule has 0 aliphatic carbocycles. The van der Waals surface area contributed by atoms with Crippen molar-refractivity contribution in [1.29, 1.82) is 0 Å². The molecular weight excluding hydrogens is 446 g/mol. The fraction of sp³-hybridized carbons (Fsp3) is 0.444. The topological polar surface area (TPSA) is 97.0 Å². The monoisotopic (exact) mass is 483 g/mol. The molecule has 0 bridgehead atoms. The van der Waals surface area contributed by atoms with Gasteiger partial charge in [0.2, 0.25) is 5.91 Å². The minimum absolute atomic E-state index is 0.257. The van der Waals surface area contributed by atoms with Crippen LogP contribution in [0.15, 0.2) is 42.5 Å².